The van der Waals surface area contributed by atoms with E-state index in [1.807, 2.05) is 60.0 Å². The molecule has 0 bridgehead atoms. The molecule has 2 amide bonds. The maximum absolute atomic E-state index is 13.1. The van der Waals surface area contributed by atoms with E-state index in [2.05, 4.69) is 10.5 Å². The van der Waals surface area contributed by atoms with Crippen LogP contribution in [0.2, 0.25) is 0 Å². The quantitative estimate of drug-likeness (QED) is 0.410. The van der Waals surface area contributed by atoms with Gasteiger partial charge in [-0.2, -0.15) is 0 Å². The normalized spacial score (nSPS) is 11.9. The van der Waals surface area contributed by atoms with E-state index in [-0.39, 0.29) is 30.8 Å². The van der Waals surface area contributed by atoms with Crippen molar-refractivity contribution >= 4 is 23.2 Å². The Balaban J connectivity index is 1.25. The molecule has 8 nitrogen and oxygen atoms in total. The number of rotatable bonds is 8. The van der Waals surface area contributed by atoms with Crippen LogP contribution in [-0.2, 0) is 19.6 Å². The van der Waals surface area contributed by atoms with Crippen LogP contribution in [0.3, 0.4) is 0 Å². The zero-order valence-electron chi connectivity index (χ0n) is 18.1. The first kappa shape index (κ1) is 21.7. The summed E-state index contributed by atoms with van der Waals surface area (Å²) in [7, 11) is 0. The third-order valence-electron chi connectivity index (χ3n) is 5.26. The summed E-state index contributed by atoms with van der Waals surface area (Å²) < 4.78 is 16.1. The van der Waals surface area contributed by atoms with Crippen molar-refractivity contribution in [3.63, 3.8) is 0 Å². The molecule has 5 rings (SSSR count). The largest absolute Gasteiger partial charge is 0.454 e. The van der Waals surface area contributed by atoms with Crippen molar-refractivity contribution in [1.29, 1.82) is 0 Å². The minimum Gasteiger partial charge on any atom is -0.454 e. The van der Waals surface area contributed by atoms with Crippen LogP contribution < -0.4 is 14.8 Å². The lowest BCUT2D eigenvalue weighted by Crippen LogP contribution is -2.29. The highest BCUT2D eigenvalue weighted by atomic mass is 32.1. The molecule has 3 heterocycles. The number of amides is 2. The molecule has 0 aliphatic carbocycles. The van der Waals surface area contributed by atoms with Gasteiger partial charge in [0.15, 0.2) is 23.0 Å². The number of fused-ring (bicyclic) bond motifs is 1. The van der Waals surface area contributed by atoms with Gasteiger partial charge in [-0.25, -0.2) is 0 Å². The molecule has 1 N–H and O–H groups in total. The molecule has 0 saturated heterocycles. The second-order valence-electron chi connectivity index (χ2n) is 7.67. The van der Waals surface area contributed by atoms with Crippen molar-refractivity contribution in [3.05, 3.63) is 99.6 Å². The Morgan fingerprint density at radius 3 is 2.62 bits per heavy atom. The first-order valence-corrected chi connectivity index (χ1v) is 11.5. The van der Waals surface area contributed by atoms with Crippen molar-refractivity contribution in [2.45, 2.75) is 19.6 Å². The average Bonchev–Trinajstić information content (AvgIpc) is 3.64. The summed E-state index contributed by atoms with van der Waals surface area (Å²) in [6.45, 7) is 1.09. The van der Waals surface area contributed by atoms with Crippen molar-refractivity contribution in [2.75, 3.05) is 6.79 Å². The van der Waals surface area contributed by atoms with Gasteiger partial charge in [0, 0.05) is 19.2 Å². The summed E-state index contributed by atoms with van der Waals surface area (Å²) in [6.07, 6.45) is 0. The molecule has 1 aliphatic heterocycles. The van der Waals surface area contributed by atoms with Crippen LogP contribution in [0.1, 0.15) is 37.0 Å². The molecule has 2 aromatic heterocycles. The number of nitrogens with one attached hydrogen (secondary N) is 1. The van der Waals surface area contributed by atoms with Crippen LogP contribution in [0.25, 0.3) is 0 Å². The van der Waals surface area contributed by atoms with E-state index in [1.54, 1.807) is 17.0 Å². The Morgan fingerprint density at radius 1 is 0.941 bits per heavy atom. The topological polar surface area (TPSA) is 93.9 Å². The van der Waals surface area contributed by atoms with Crippen LogP contribution in [0.4, 0.5) is 0 Å². The minimum absolute atomic E-state index is 0.107. The molecule has 0 spiro atoms. The molecule has 0 unspecified atom stereocenters. The third kappa shape index (κ3) is 4.94. The van der Waals surface area contributed by atoms with E-state index >= 15 is 0 Å². The maximum atomic E-state index is 13.1. The highest BCUT2D eigenvalue weighted by molar-refractivity contribution is 7.12. The van der Waals surface area contributed by atoms with Crippen molar-refractivity contribution in [1.82, 2.24) is 15.4 Å². The Morgan fingerprint density at radius 2 is 1.79 bits per heavy atom. The lowest BCUT2D eigenvalue weighted by molar-refractivity contribution is 0.0718. The summed E-state index contributed by atoms with van der Waals surface area (Å²) in [5, 5.41) is 8.59. The molecular weight excluding hydrogens is 454 g/mol. The number of aromatic nitrogens is 1. The van der Waals surface area contributed by atoms with Gasteiger partial charge in [0.1, 0.15) is 0 Å². The number of carbonyl (C=O) groups excluding carboxylic acids is 2. The van der Waals surface area contributed by atoms with Crippen LogP contribution in [0, 0.1) is 0 Å². The zero-order chi connectivity index (χ0) is 23.3. The fraction of sp³-hybridized carbons (Fsp3) is 0.160. The smallest absolute Gasteiger partial charge is 0.273 e. The molecule has 0 atom stereocenters. The highest BCUT2D eigenvalue weighted by Gasteiger charge is 2.21. The molecule has 2 aromatic carbocycles. The van der Waals surface area contributed by atoms with Gasteiger partial charge in [-0.1, -0.05) is 47.6 Å². The van der Waals surface area contributed by atoms with E-state index < -0.39 is 0 Å². The predicted molar refractivity (Wildman–Crippen MR) is 125 cm³/mol. The Kier molecular flexibility index (Phi) is 6.26. The van der Waals surface area contributed by atoms with Gasteiger partial charge in [0.05, 0.1) is 11.4 Å². The van der Waals surface area contributed by atoms with E-state index in [9.17, 15) is 9.59 Å². The van der Waals surface area contributed by atoms with Crippen molar-refractivity contribution in [2.24, 2.45) is 0 Å². The SMILES string of the molecule is O=C(NCc1ccc2c(c1)OCO2)c1cc(CN(Cc2ccccc2)C(=O)c2cccs2)on1. The van der Waals surface area contributed by atoms with Gasteiger partial charge in [0.25, 0.3) is 11.8 Å². The predicted octanol–water partition coefficient (Wildman–Crippen LogP) is 4.24. The molecule has 0 saturated carbocycles. The summed E-state index contributed by atoms with van der Waals surface area (Å²) in [5.74, 6) is 1.29. The van der Waals surface area contributed by atoms with Crippen LogP contribution in [-0.4, -0.2) is 28.7 Å². The van der Waals surface area contributed by atoms with Gasteiger partial charge in [-0.05, 0) is 34.7 Å². The minimum atomic E-state index is -0.369. The van der Waals surface area contributed by atoms with Gasteiger partial charge in [-0.15, -0.1) is 11.3 Å². The van der Waals surface area contributed by atoms with Crippen molar-refractivity contribution in [3.8, 4) is 11.5 Å². The second-order valence-corrected chi connectivity index (χ2v) is 8.62. The Labute approximate surface area is 199 Å². The van der Waals surface area contributed by atoms with Crippen LogP contribution >= 0.6 is 11.3 Å². The molecule has 0 radical (unpaired) electrons. The Hall–Kier alpha value is -4.11. The number of benzene rings is 2. The summed E-state index contributed by atoms with van der Waals surface area (Å²) in [4.78, 5) is 28.0. The van der Waals surface area contributed by atoms with E-state index in [1.165, 1.54) is 11.3 Å². The van der Waals surface area contributed by atoms with Gasteiger partial charge in [-0.3, -0.25) is 9.59 Å². The number of ether oxygens (including phenoxy) is 2. The molecule has 1 aliphatic rings. The van der Waals surface area contributed by atoms with Gasteiger partial charge in [0.2, 0.25) is 6.79 Å². The molecular formula is C25H21N3O5S. The number of carbonyl (C=O) groups is 2. The number of hydrogen-bond donors (Lipinski definition) is 1. The molecule has 9 heteroatoms. The second kappa shape index (κ2) is 9.80. The van der Waals surface area contributed by atoms with Gasteiger partial charge < -0.3 is 24.2 Å². The molecule has 0 fully saturated rings. The summed E-state index contributed by atoms with van der Waals surface area (Å²) >= 11 is 1.38. The Bertz CT molecular complexity index is 1290. The van der Waals surface area contributed by atoms with Crippen LogP contribution in [0.15, 0.2) is 76.6 Å². The molecule has 4 aromatic rings. The van der Waals surface area contributed by atoms with Crippen molar-refractivity contribution < 1.29 is 23.6 Å². The maximum Gasteiger partial charge on any atom is 0.273 e. The zero-order valence-corrected chi connectivity index (χ0v) is 18.9. The standard InChI is InChI=1S/C25H21N3O5S/c29-24(26-13-18-8-9-21-22(11-18)32-16-31-21)20-12-19(33-27-20)15-28(14-17-5-2-1-3-6-17)25(30)23-7-4-10-34-23/h1-12H,13-16H2,(H,26,29). The fourth-order valence-corrected chi connectivity index (χ4v) is 4.26. The lowest BCUT2D eigenvalue weighted by Gasteiger charge is -2.21. The third-order valence-corrected chi connectivity index (χ3v) is 6.12. The fourth-order valence-electron chi connectivity index (χ4n) is 3.57. The summed E-state index contributed by atoms with van der Waals surface area (Å²) in [5.41, 5.74) is 2.02. The van der Waals surface area contributed by atoms with E-state index in [4.69, 9.17) is 14.0 Å². The lowest BCUT2D eigenvalue weighted by atomic mass is 10.2. The number of thiophene rings is 1. The molecule has 172 valence electrons. The first-order chi connectivity index (χ1) is 16.7. The monoisotopic (exact) mass is 475 g/mol. The number of nitrogens with zero attached hydrogens (tertiary/aromatic N) is 2. The molecule has 34 heavy (non-hydrogen) atoms. The van der Waals surface area contributed by atoms with E-state index in [0.717, 1.165) is 11.1 Å². The van der Waals surface area contributed by atoms with E-state index in [0.29, 0.717) is 35.2 Å². The number of hydrogen-bond acceptors (Lipinski definition) is 7. The van der Waals surface area contributed by atoms with Gasteiger partial charge >= 0.3 is 0 Å². The summed E-state index contributed by atoms with van der Waals surface area (Å²) in [6, 6.07) is 20.4. The highest BCUT2D eigenvalue weighted by Crippen LogP contribution is 2.32. The first-order valence-electron chi connectivity index (χ1n) is 10.6. The van der Waals surface area contributed by atoms with Crippen LogP contribution in [0.5, 0.6) is 11.5 Å². The average molecular weight is 476 g/mol.